The SMILES string of the molecule is CC(NC1(C)CCOC1C)C(=O)NC1CCCCC1. The summed E-state index contributed by atoms with van der Waals surface area (Å²) in [6.45, 7) is 6.96. The zero-order valence-electron chi connectivity index (χ0n) is 12.5. The second-order valence-electron chi connectivity index (χ2n) is 6.39. The molecule has 1 saturated heterocycles. The van der Waals surface area contributed by atoms with E-state index in [1.807, 2.05) is 6.92 Å². The molecule has 1 aliphatic heterocycles. The normalized spacial score (nSPS) is 34.2. The average Bonchev–Trinajstić information content (AvgIpc) is 2.70. The van der Waals surface area contributed by atoms with Crippen molar-refractivity contribution in [1.82, 2.24) is 10.6 Å². The zero-order chi connectivity index (χ0) is 13.9. The number of rotatable bonds is 4. The lowest BCUT2D eigenvalue weighted by atomic mass is 9.93. The summed E-state index contributed by atoms with van der Waals surface area (Å²) in [5, 5.41) is 6.64. The number of ether oxygens (including phenoxy) is 1. The molecule has 4 nitrogen and oxygen atoms in total. The molecule has 1 heterocycles. The molecule has 0 aromatic rings. The van der Waals surface area contributed by atoms with Gasteiger partial charge in [-0.1, -0.05) is 19.3 Å². The molecule has 2 fully saturated rings. The molecule has 0 aromatic heterocycles. The molecule has 0 aromatic carbocycles. The van der Waals surface area contributed by atoms with Gasteiger partial charge in [-0.05, 0) is 40.0 Å². The Morgan fingerprint density at radius 2 is 2.00 bits per heavy atom. The van der Waals surface area contributed by atoms with E-state index in [2.05, 4.69) is 24.5 Å². The predicted molar refractivity (Wildman–Crippen MR) is 76.0 cm³/mol. The Kier molecular flexibility index (Phi) is 4.85. The van der Waals surface area contributed by atoms with E-state index < -0.39 is 0 Å². The number of hydrogen-bond acceptors (Lipinski definition) is 3. The van der Waals surface area contributed by atoms with Crippen LogP contribution in [0.3, 0.4) is 0 Å². The second-order valence-corrected chi connectivity index (χ2v) is 6.39. The molecule has 0 bridgehead atoms. The molecule has 4 heteroatoms. The summed E-state index contributed by atoms with van der Waals surface area (Å²) in [5.74, 6) is 0.132. The molecular formula is C15H28N2O2. The molecule has 3 atom stereocenters. The van der Waals surface area contributed by atoms with E-state index >= 15 is 0 Å². The van der Waals surface area contributed by atoms with Gasteiger partial charge in [0, 0.05) is 18.2 Å². The van der Waals surface area contributed by atoms with Crippen LogP contribution in [0.1, 0.15) is 59.3 Å². The summed E-state index contributed by atoms with van der Waals surface area (Å²) >= 11 is 0. The third-order valence-electron chi connectivity index (χ3n) is 4.78. The van der Waals surface area contributed by atoms with E-state index in [-0.39, 0.29) is 23.6 Å². The van der Waals surface area contributed by atoms with E-state index in [9.17, 15) is 4.79 Å². The first-order valence-electron chi connectivity index (χ1n) is 7.71. The molecule has 2 aliphatic rings. The predicted octanol–water partition coefficient (Wildman–Crippen LogP) is 1.98. The summed E-state index contributed by atoms with van der Waals surface area (Å²) in [7, 11) is 0. The monoisotopic (exact) mass is 268 g/mol. The van der Waals surface area contributed by atoms with Crippen LogP contribution in [0.2, 0.25) is 0 Å². The highest BCUT2D eigenvalue weighted by atomic mass is 16.5. The lowest BCUT2D eigenvalue weighted by Crippen LogP contribution is -2.57. The maximum Gasteiger partial charge on any atom is 0.237 e. The molecule has 19 heavy (non-hydrogen) atoms. The number of hydrogen-bond donors (Lipinski definition) is 2. The van der Waals surface area contributed by atoms with Gasteiger partial charge in [0.2, 0.25) is 5.91 Å². The van der Waals surface area contributed by atoms with Crippen LogP contribution in [-0.2, 0) is 9.53 Å². The Labute approximate surface area is 116 Å². The van der Waals surface area contributed by atoms with Gasteiger partial charge in [-0.2, -0.15) is 0 Å². The van der Waals surface area contributed by atoms with Crippen molar-refractivity contribution in [2.45, 2.75) is 83.0 Å². The van der Waals surface area contributed by atoms with Gasteiger partial charge in [-0.15, -0.1) is 0 Å². The first-order valence-corrected chi connectivity index (χ1v) is 7.71. The van der Waals surface area contributed by atoms with Crippen molar-refractivity contribution in [2.24, 2.45) is 0 Å². The highest BCUT2D eigenvalue weighted by Crippen LogP contribution is 2.25. The summed E-state index contributed by atoms with van der Waals surface area (Å²) < 4.78 is 5.60. The zero-order valence-corrected chi connectivity index (χ0v) is 12.5. The van der Waals surface area contributed by atoms with Gasteiger partial charge in [-0.25, -0.2) is 0 Å². The van der Waals surface area contributed by atoms with Crippen molar-refractivity contribution in [2.75, 3.05) is 6.61 Å². The van der Waals surface area contributed by atoms with Crippen LogP contribution >= 0.6 is 0 Å². The molecule has 3 unspecified atom stereocenters. The maximum atomic E-state index is 12.2. The minimum absolute atomic E-state index is 0.0800. The van der Waals surface area contributed by atoms with Crippen LogP contribution in [0, 0.1) is 0 Å². The maximum absolute atomic E-state index is 12.2. The number of carbonyl (C=O) groups is 1. The van der Waals surface area contributed by atoms with Crippen molar-refractivity contribution >= 4 is 5.91 Å². The summed E-state index contributed by atoms with van der Waals surface area (Å²) in [6.07, 6.45) is 7.20. The Balaban J connectivity index is 1.81. The van der Waals surface area contributed by atoms with E-state index in [4.69, 9.17) is 4.74 Å². The molecular weight excluding hydrogens is 240 g/mol. The Morgan fingerprint density at radius 3 is 2.58 bits per heavy atom. The number of amides is 1. The van der Waals surface area contributed by atoms with Gasteiger partial charge >= 0.3 is 0 Å². The first-order chi connectivity index (χ1) is 9.01. The fraction of sp³-hybridized carbons (Fsp3) is 0.933. The quantitative estimate of drug-likeness (QED) is 0.819. The van der Waals surface area contributed by atoms with E-state index in [0.29, 0.717) is 6.04 Å². The van der Waals surface area contributed by atoms with Gasteiger partial charge in [0.15, 0.2) is 0 Å². The third kappa shape index (κ3) is 3.69. The smallest absolute Gasteiger partial charge is 0.237 e. The van der Waals surface area contributed by atoms with Crippen LogP contribution in [0.25, 0.3) is 0 Å². The molecule has 1 aliphatic carbocycles. The fourth-order valence-corrected chi connectivity index (χ4v) is 3.16. The molecule has 2 rings (SSSR count). The van der Waals surface area contributed by atoms with Gasteiger partial charge in [0.05, 0.1) is 12.1 Å². The van der Waals surface area contributed by atoms with E-state index in [0.717, 1.165) is 25.9 Å². The second kappa shape index (κ2) is 6.23. The Morgan fingerprint density at radius 1 is 1.32 bits per heavy atom. The summed E-state index contributed by atoms with van der Waals surface area (Å²) in [6, 6.07) is 0.228. The number of nitrogens with one attached hydrogen (secondary N) is 2. The van der Waals surface area contributed by atoms with Gasteiger partial charge < -0.3 is 10.1 Å². The van der Waals surface area contributed by atoms with Crippen molar-refractivity contribution in [1.29, 1.82) is 0 Å². The molecule has 0 spiro atoms. The van der Waals surface area contributed by atoms with Crippen LogP contribution in [-0.4, -0.2) is 36.2 Å². The van der Waals surface area contributed by atoms with Crippen LogP contribution in [0.5, 0.6) is 0 Å². The lowest BCUT2D eigenvalue weighted by Gasteiger charge is -2.33. The average molecular weight is 268 g/mol. The van der Waals surface area contributed by atoms with Crippen molar-refractivity contribution in [3.63, 3.8) is 0 Å². The molecule has 2 N–H and O–H groups in total. The van der Waals surface area contributed by atoms with Crippen molar-refractivity contribution < 1.29 is 9.53 Å². The van der Waals surface area contributed by atoms with Crippen molar-refractivity contribution in [3.05, 3.63) is 0 Å². The van der Waals surface area contributed by atoms with Crippen LogP contribution < -0.4 is 10.6 Å². The number of carbonyl (C=O) groups excluding carboxylic acids is 1. The molecule has 1 saturated carbocycles. The largest absolute Gasteiger partial charge is 0.377 e. The summed E-state index contributed by atoms with van der Waals surface area (Å²) in [4.78, 5) is 12.2. The highest BCUT2D eigenvalue weighted by Gasteiger charge is 2.38. The standard InChI is InChI=1S/C15H28N2O2/c1-11(17-15(3)9-10-19-12(15)2)14(18)16-13-7-5-4-6-8-13/h11-13,17H,4-10H2,1-3H3,(H,16,18). The van der Waals surface area contributed by atoms with E-state index in [1.54, 1.807) is 0 Å². The van der Waals surface area contributed by atoms with Crippen LogP contribution in [0.4, 0.5) is 0 Å². The lowest BCUT2D eigenvalue weighted by molar-refractivity contribution is -0.124. The minimum Gasteiger partial charge on any atom is -0.377 e. The molecule has 110 valence electrons. The highest BCUT2D eigenvalue weighted by molar-refractivity contribution is 5.81. The molecule has 0 radical (unpaired) electrons. The third-order valence-corrected chi connectivity index (χ3v) is 4.78. The van der Waals surface area contributed by atoms with Gasteiger partial charge in [0.25, 0.3) is 0 Å². The van der Waals surface area contributed by atoms with E-state index in [1.165, 1.54) is 19.3 Å². The van der Waals surface area contributed by atoms with Crippen molar-refractivity contribution in [3.8, 4) is 0 Å². The summed E-state index contributed by atoms with van der Waals surface area (Å²) in [5.41, 5.74) is -0.0800. The fourth-order valence-electron chi connectivity index (χ4n) is 3.16. The minimum atomic E-state index is -0.156. The Hall–Kier alpha value is -0.610. The van der Waals surface area contributed by atoms with Crippen LogP contribution in [0.15, 0.2) is 0 Å². The van der Waals surface area contributed by atoms with Gasteiger partial charge in [-0.3, -0.25) is 10.1 Å². The first kappa shape index (κ1) is 14.8. The topological polar surface area (TPSA) is 50.4 Å². The molecule has 1 amide bonds. The van der Waals surface area contributed by atoms with Gasteiger partial charge in [0.1, 0.15) is 0 Å². The Bertz CT molecular complexity index is 315.